The lowest BCUT2D eigenvalue weighted by atomic mass is 10.1. The van der Waals surface area contributed by atoms with Gasteiger partial charge in [0.15, 0.2) is 0 Å². The molecule has 0 saturated carbocycles. The van der Waals surface area contributed by atoms with Crippen LogP contribution in [0.3, 0.4) is 0 Å². The van der Waals surface area contributed by atoms with Crippen LogP contribution in [0.25, 0.3) is 10.4 Å². The standard InChI is InChI=1S/C18H14ClNOS/c1-12-3-2-4-13(11-12)16-9-10-17(22-16)18(21)20-15-7-5-14(19)6-8-15/h2-11H,1H3,(H,20,21). The van der Waals surface area contributed by atoms with Gasteiger partial charge in [-0.3, -0.25) is 4.79 Å². The van der Waals surface area contributed by atoms with Crippen molar-refractivity contribution >= 4 is 34.5 Å². The molecule has 0 bridgehead atoms. The van der Waals surface area contributed by atoms with Crippen molar-refractivity contribution in [3.05, 3.63) is 76.1 Å². The Morgan fingerprint density at radius 2 is 1.82 bits per heavy atom. The molecule has 0 aliphatic heterocycles. The first-order valence-corrected chi connectivity index (χ1v) is 8.05. The maximum absolute atomic E-state index is 12.3. The zero-order chi connectivity index (χ0) is 15.5. The molecule has 3 aromatic rings. The average molecular weight is 328 g/mol. The average Bonchev–Trinajstić information content (AvgIpc) is 3.00. The Morgan fingerprint density at radius 3 is 2.55 bits per heavy atom. The predicted octanol–water partition coefficient (Wildman–Crippen LogP) is 5.63. The summed E-state index contributed by atoms with van der Waals surface area (Å²) < 4.78 is 0. The Hall–Kier alpha value is -2.10. The van der Waals surface area contributed by atoms with Crippen LogP contribution in [0, 0.1) is 6.92 Å². The fraction of sp³-hybridized carbons (Fsp3) is 0.0556. The smallest absolute Gasteiger partial charge is 0.265 e. The van der Waals surface area contributed by atoms with E-state index in [1.54, 1.807) is 24.3 Å². The molecule has 0 spiro atoms. The second-order valence-electron chi connectivity index (χ2n) is 4.99. The van der Waals surface area contributed by atoms with Gasteiger partial charge >= 0.3 is 0 Å². The molecule has 1 amide bonds. The van der Waals surface area contributed by atoms with Crippen LogP contribution in [0.1, 0.15) is 15.2 Å². The molecule has 1 N–H and O–H groups in total. The van der Waals surface area contributed by atoms with Gasteiger partial charge in [-0.05, 0) is 48.9 Å². The lowest BCUT2D eigenvalue weighted by Crippen LogP contribution is -2.09. The summed E-state index contributed by atoms with van der Waals surface area (Å²) >= 11 is 7.33. The lowest BCUT2D eigenvalue weighted by Gasteiger charge is -2.03. The van der Waals surface area contributed by atoms with Crippen molar-refractivity contribution in [2.45, 2.75) is 6.92 Å². The molecule has 4 heteroatoms. The van der Waals surface area contributed by atoms with Crippen molar-refractivity contribution in [2.75, 3.05) is 5.32 Å². The molecule has 3 rings (SSSR count). The largest absolute Gasteiger partial charge is 0.321 e. The number of hydrogen-bond acceptors (Lipinski definition) is 2. The van der Waals surface area contributed by atoms with Crippen LogP contribution in [0.4, 0.5) is 5.69 Å². The van der Waals surface area contributed by atoms with E-state index in [1.165, 1.54) is 16.9 Å². The highest BCUT2D eigenvalue weighted by Gasteiger charge is 2.10. The monoisotopic (exact) mass is 327 g/mol. The fourth-order valence-corrected chi connectivity index (χ4v) is 3.16. The summed E-state index contributed by atoms with van der Waals surface area (Å²) in [5.74, 6) is -0.105. The van der Waals surface area contributed by atoms with E-state index in [4.69, 9.17) is 11.6 Å². The number of aryl methyl sites for hydroxylation is 1. The summed E-state index contributed by atoms with van der Waals surface area (Å²) in [5, 5.41) is 3.52. The quantitative estimate of drug-likeness (QED) is 0.663. The Bertz CT molecular complexity index is 808. The molecule has 0 fully saturated rings. The lowest BCUT2D eigenvalue weighted by molar-refractivity contribution is 0.103. The van der Waals surface area contributed by atoms with Gasteiger partial charge in [-0.15, -0.1) is 11.3 Å². The van der Waals surface area contributed by atoms with Gasteiger partial charge in [-0.1, -0.05) is 41.4 Å². The summed E-state index contributed by atoms with van der Waals surface area (Å²) in [6, 6.07) is 19.2. The van der Waals surface area contributed by atoms with Gasteiger partial charge in [0.05, 0.1) is 4.88 Å². The van der Waals surface area contributed by atoms with E-state index >= 15 is 0 Å². The summed E-state index contributed by atoms with van der Waals surface area (Å²) in [7, 11) is 0. The molecule has 22 heavy (non-hydrogen) atoms. The number of thiophene rings is 1. The van der Waals surface area contributed by atoms with E-state index in [2.05, 4.69) is 30.4 Å². The first-order valence-electron chi connectivity index (χ1n) is 6.85. The normalized spacial score (nSPS) is 10.5. The van der Waals surface area contributed by atoms with Crippen molar-refractivity contribution in [1.29, 1.82) is 0 Å². The molecule has 1 aromatic heterocycles. The zero-order valence-electron chi connectivity index (χ0n) is 12.0. The minimum absolute atomic E-state index is 0.105. The summed E-state index contributed by atoms with van der Waals surface area (Å²) in [4.78, 5) is 14.1. The Balaban J connectivity index is 1.78. The summed E-state index contributed by atoms with van der Waals surface area (Å²) in [5.41, 5.74) is 3.08. The van der Waals surface area contributed by atoms with Gasteiger partial charge in [0.25, 0.3) is 5.91 Å². The Labute approximate surface area is 138 Å². The van der Waals surface area contributed by atoms with Crippen LogP contribution in [0.15, 0.2) is 60.7 Å². The van der Waals surface area contributed by atoms with E-state index in [0.717, 1.165) is 16.1 Å². The number of nitrogens with one attached hydrogen (secondary N) is 1. The number of halogens is 1. The highest BCUT2D eigenvalue weighted by atomic mass is 35.5. The molecule has 0 atom stereocenters. The first kappa shape index (κ1) is 14.8. The highest BCUT2D eigenvalue weighted by Crippen LogP contribution is 2.29. The molecule has 1 heterocycles. The maximum atomic E-state index is 12.3. The minimum Gasteiger partial charge on any atom is -0.321 e. The van der Waals surface area contributed by atoms with E-state index in [1.807, 2.05) is 18.2 Å². The molecule has 0 aliphatic carbocycles. The third kappa shape index (κ3) is 3.38. The number of rotatable bonds is 3. The van der Waals surface area contributed by atoms with Crippen molar-refractivity contribution in [3.63, 3.8) is 0 Å². The molecular weight excluding hydrogens is 314 g/mol. The molecule has 110 valence electrons. The SMILES string of the molecule is Cc1cccc(-c2ccc(C(=O)Nc3ccc(Cl)cc3)s2)c1. The van der Waals surface area contributed by atoms with Crippen molar-refractivity contribution in [3.8, 4) is 10.4 Å². The second kappa shape index (κ2) is 6.34. The van der Waals surface area contributed by atoms with E-state index in [9.17, 15) is 4.79 Å². The van der Waals surface area contributed by atoms with Crippen LogP contribution in [-0.2, 0) is 0 Å². The van der Waals surface area contributed by atoms with E-state index in [-0.39, 0.29) is 5.91 Å². The second-order valence-corrected chi connectivity index (χ2v) is 6.51. The van der Waals surface area contributed by atoms with Gasteiger partial charge in [-0.2, -0.15) is 0 Å². The molecular formula is C18H14ClNOS. The third-order valence-electron chi connectivity index (χ3n) is 3.23. The van der Waals surface area contributed by atoms with Gasteiger partial charge < -0.3 is 5.32 Å². The maximum Gasteiger partial charge on any atom is 0.265 e. The highest BCUT2D eigenvalue weighted by molar-refractivity contribution is 7.17. The van der Waals surface area contributed by atoms with Crippen LogP contribution < -0.4 is 5.32 Å². The molecule has 0 unspecified atom stereocenters. The number of hydrogen-bond donors (Lipinski definition) is 1. The van der Waals surface area contributed by atoms with E-state index in [0.29, 0.717) is 9.90 Å². The minimum atomic E-state index is -0.105. The summed E-state index contributed by atoms with van der Waals surface area (Å²) in [6.07, 6.45) is 0. The van der Waals surface area contributed by atoms with Gasteiger partial charge in [0.1, 0.15) is 0 Å². The van der Waals surface area contributed by atoms with Gasteiger partial charge in [-0.25, -0.2) is 0 Å². The van der Waals surface area contributed by atoms with Crippen molar-refractivity contribution in [1.82, 2.24) is 0 Å². The first-order chi connectivity index (χ1) is 10.6. The van der Waals surface area contributed by atoms with Crippen LogP contribution in [0.2, 0.25) is 5.02 Å². The van der Waals surface area contributed by atoms with Gasteiger partial charge in [0, 0.05) is 15.6 Å². The molecule has 2 nitrogen and oxygen atoms in total. The Kier molecular flexibility index (Phi) is 4.27. The zero-order valence-corrected chi connectivity index (χ0v) is 13.5. The number of anilines is 1. The molecule has 0 aliphatic rings. The molecule has 0 radical (unpaired) electrons. The molecule has 0 saturated heterocycles. The Morgan fingerprint density at radius 1 is 1.05 bits per heavy atom. The number of carbonyl (C=O) groups is 1. The van der Waals surface area contributed by atoms with Crippen LogP contribution >= 0.6 is 22.9 Å². The predicted molar refractivity (Wildman–Crippen MR) is 93.9 cm³/mol. The summed E-state index contributed by atoms with van der Waals surface area (Å²) in [6.45, 7) is 2.06. The number of amides is 1. The van der Waals surface area contributed by atoms with Crippen molar-refractivity contribution < 1.29 is 4.79 Å². The number of carbonyl (C=O) groups excluding carboxylic acids is 1. The van der Waals surface area contributed by atoms with E-state index < -0.39 is 0 Å². The fourth-order valence-electron chi connectivity index (χ4n) is 2.14. The number of benzene rings is 2. The van der Waals surface area contributed by atoms with Crippen molar-refractivity contribution in [2.24, 2.45) is 0 Å². The topological polar surface area (TPSA) is 29.1 Å². The van der Waals surface area contributed by atoms with Crippen LogP contribution in [-0.4, -0.2) is 5.91 Å². The van der Waals surface area contributed by atoms with Crippen LogP contribution in [0.5, 0.6) is 0 Å². The molecule has 2 aromatic carbocycles. The third-order valence-corrected chi connectivity index (χ3v) is 4.62. The van der Waals surface area contributed by atoms with Gasteiger partial charge in [0.2, 0.25) is 0 Å².